The van der Waals surface area contributed by atoms with Gasteiger partial charge in [0.25, 0.3) is 0 Å². The molecule has 2 aromatic rings. The molecule has 0 radical (unpaired) electrons. The van der Waals surface area contributed by atoms with Crippen LogP contribution in [-0.4, -0.2) is 68.8 Å². The molecule has 4 rings (SSSR count). The second-order valence-corrected chi connectivity index (χ2v) is 11.7. The molecule has 0 aliphatic carbocycles. The Morgan fingerprint density at radius 1 is 1.06 bits per heavy atom. The molecule has 2 aliphatic rings. The van der Waals surface area contributed by atoms with Gasteiger partial charge in [-0.1, -0.05) is 18.2 Å². The molecule has 2 aromatic carbocycles. The molecular weight excluding hydrogens is 470 g/mol. The van der Waals surface area contributed by atoms with Gasteiger partial charge in [0, 0.05) is 44.2 Å². The highest BCUT2D eigenvalue weighted by Gasteiger charge is 2.42. The lowest BCUT2D eigenvalue weighted by atomic mass is 9.78. The maximum Gasteiger partial charge on any atom is 0.227 e. The van der Waals surface area contributed by atoms with E-state index < -0.39 is 9.84 Å². The second-order valence-electron chi connectivity index (χ2n) is 9.31. The molecule has 2 heterocycles. The van der Waals surface area contributed by atoms with Gasteiger partial charge in [0.1, 0.15) is 5.75 Å². The van der Waals surface area contributed by atoms with Crippen LogP contribution in [0.1, 0.15) is 24.8 Å². The number of piperidine rings is 1. The molecule has 0 bridgehead atoms. The van der Waals surface area contributed by atoms with Crippen molar-refractivity contribution in [3.05, 3.63) is 54.1 Å². The topological polar surface area (TPSA) is 79.0 Å². The van der Waals surface area contributed by atoms with Crippen LogP contribution in [0.4, 0.5) is 5.69 Å². The zero-order chi connectivity index (χ0) is 24.3. The first kappa shape index (κ1) is 24.5. The van der Waals surface area contributed by atoms with Gasteiger partial charge in [-0.05, 0) is 66.7 Å². The first-order chi connectivity index (χ1) is 16.2. The number of likely N-dealkylation sites (tertiary alicyclic amines) is 2. The Labute approximate surface area is 207 Å². The summed E-state index contributed by atoms with van der Waals surface area (Å²) >= 11 is 5.64. The van der Waals surface area contributed by atoms with E-state index in [-0.39, 0.29) is 16.2 Å². The number of rotatable bonds is 5. The number of nitrogens with zero attached hydrogens (tertiary/aromatic N) is 2. The first-order valence-corrected chi connectivity index (χ1v) is 13.7. The average Bonchev–Trinajstić information content (AvgIpc) is 3.23. The minimum absolute atomic E-state index is 0.0987. The standard InChI is InChI=1S/C25H31N3O4S2/c1-32-21-5-3-4-20(17-21)26-24(33)27-13-10-25(11-14-27)12-15-28(18-25)23(29)16-19-6-8-22(9-7-19)34(2,30)31/h3-9,17H,10-16,18H2,1-2H3,(H,26,33). The van der Waals surface area contributed by atoms with Crippen molar-refractivity contribution >= 4 is 38.8 Å². The van der Waals surface area contributed by atoms with E-state index in [0.717, 1.165) is 62.4 Å². The summed E-state index contributed by atoms with van der Waals surface area (Å²) in [5, 5.41) is 4.02. The van der Waals surface area contributed by atoms with Crippen molar-refractivity contribution in [2.24, 2.45) is 5.41 Å². The highest BCUT2D eigenvalue weighted by molar-refractivity contribution is 7.90. The maximum absolute atomic E-state index is 12.9. The van der Waals surface area contributed by atoms with E-state index in [1.807, 2.05) is 29.2 Å². The number of benzene rings is 2. The van der Waals surface area contributed by atoms with Crippen molar-refractivity contribution in [2.45, 2.75) is 30.6 Å². The summed E-state index contributed by atoms with van der Waals surface area (Å²) in [6, 6.07) is 14.3. The molecular formula is C25H31N3O4S2. The van der Waals surface area contributed by atoms with Crippen LogP contribution in [0.3, 0.4) is 0 Å². The van der Waals surface area contributed by atoms with Crippen molar-refractivity contribution in [1.29, 1.82) is 0 Å². The van der Waals surface area contributed by atoms with E-state index in [2.05, 4.69) is 10.2 Å². The number of amides is 1. The second kappa shape index (κ2) is 9.92. The number of thiocarbonyl (C=S) groups is 1. The largest absolute Gasteiger partial charge is 0.497 e. The molecule has 0 atom stereocenters. The van der Waals surface area contributed by atoms with E-state index in [9.17, 15) is 13.2 Å². The summed E-state index contributed by atoms with van der Waals surface area (Å²) in [4.78, 5) is 17.3. The van der Waals surface area contributed by atoms with Gasteiger partial charge in [-0.2, -0.15) is 0 Å². The molecule has 0 unspecified atom stereocenters. The molecule has 7 nitrogen and oxygen atoms in total. The zero-order valence-electron chi connectivity index (χ0n) is 19.6. The molecule has 2 saturated heterocycles. The van der Waals surface area contributed by atoms with Crippen LogP contribution in [0.15, 0.2) is 53.4 Å². The molecule has 0 saturated carbocycles. The fourth-order valence-electron chi connectivity index (χ4n) is 4.78. The predicted molar refractivity (Wildman–Crippen MR) is 137 cm³/mol. The molecule has 2 fully saturated rings. The summed E-state index contributed by atoms with van der Waals surface area (Å²) in [6.45, 7) is 3.28. The number of methoxy groups -OCH3 is 1. The molecule has 182 valence electrons. The Morgan fingerprint density at radius 3 is 2.32 bits per heavy atom. The Bertz CT molecular complexity index is 1160. The third-order valence-corrected chi connectivity index (χ3v) is 8.42. The van der Waals surface area contributed by atoms with Gasteiger partial charge in [-0.3, -0.25) is 4.79 Å². The third kappa shape index (κ3) is 5.70. The monoisotopic (exact) mass is 501 g/mol. The van der Waals surface area contributed by atoms with Crippen molar-refractivity contribution in [3.63, 3.8) is 0 Å². The number of carbonyl (C=O) groups is 1. The minimum Gasteiger partial charge on any atom is -0.497 e. The van der Waals surface area contributed by atoms with Crippen molar-refractivity contribution in [3.8, 4) is 5.75 Å². The average molecular weight is 502 g/mol. The normalized spacial score (nSPS) is 17.6. The SMILES string of the molecule is COc1cccc(NC(=S)N2CCC3(CCN(C(=O)Cc4ccc(S(C)(=O)=O)cc4)C3)CC2)c1. The third-order valence-electron chi connectivity index (χ3n) is 6.93. The number of carbonyl (C=O) groups excluding carboxylic acids is 1. The smallest absolute Gasteiger partial charge is 0.227 e. The van der Waals surface area contributed by atoms with E-state index in [0.29, 0.717) is 11.5 Å². The van der Waals surface area contributed by atoms with Crippen LogP contribution < -0.4 is 10.1 Å². The van der Waals surface area contributed by atoms with Gasteiger partial charge in [-0.25, -0.2) is 8.42 Å². The van der Waals surface area contributed by atoms with E-state index in [1.54, 1.807) is 31.4 Å². The Morgan fingerprint density at radius 2 is 1.71 bits per heavy atom. The molecule has 1 spiro atoms. The molecule has 9 heteroatoms. The van der Waals surface area contributed by atoms with Crippen molar-refractivity contribution in [1.82, 2.24) is 9.80 Å². The van der Waals surface area contributed by atoms with Crippen molar-refractivity contribution in [2.75, 3.05) is 44.9 Å². The first-order valence-electron chi connectivity index (χ1n) is 11.4. The fraction of sp³-hybridized carbons (Fsp3) is 0.440. The predicted octanol–water partition coefficient (Wildman–Crippen LogP) is 3.35. The maximum atomic E-state index is 12.9. The molecule has 34 heavy (non-hydrogen) atoms. The lowest BCUT2D eigenvalue weighted by molar-refractivity contribution is -0.130. The molecule has 1 N–H and O–H groups in total. The highest BCUT2D eigenvalue weighted by atomic mass is 32.2. The quantitative estimate of drug-likeness (QED) is 0.630. The van der Waals surface area contributed by atoms with Gasteiger partial charge in [-0.15, -0.1) is 0 Å². The number of ether oxygens (including phenoxy) is 1. The van der Waals surface area contributed by atoms with E-state index >= 15 is 0 Å². The van der Waals surface area contributed by atoms with Gasteiger partial charge in [0.15, 0.2) is 14.9 Å². The molecule has 1 amide bonds. The highest BCUT2D eigenvalue weighted by Crippen LogP contribution is 2.40. The number of hydrogen-bond donors (Lipinski definition) is 1. The van der Waals surface area contributed by atoms with E-state index in [1.165, 1.54) is 6.26 Å². The van der Waals surface area contributed by atoms with Crippen LogP contribution in [0, 0.1) is 5.41 Å². The summed E-state index contributed by atoms with van der Waals surface area (Å²) < 4.78 is 28.5. The van der Waals surface area contributed by atoms with Crippen LogP contribution in [0.5, 0.6) is 5.75 Å². The number of nitrogens with one attached hydrogen (secondary N) is 1. The van der Waals surface area contributed by atoms with Crippen LogP contribution in [0.25, 0.3) is 0 Å². The Kier molecular flexibility index (Phi) is 7.14. The summed E-state index contributed by atoms with van der Waals surface area (Å²) in [5.41, 5.74) is 1.90. The summed E-state index contributed by atoms with van der Waals surface area (Å²) in [6.07, 6.45) is 4.49. The van der Waals surface area contributed by atoms with Gasteiger partial charge in [0.05, 0.1) is 18.4 Å². The Hall–Kier alpha value is -2.65. The number of sulfone groups is 1. The summed E-state index contributed by atoms with van der Waals surface area (Å²) in [7, 11) is -1.59. The Balaban J connectivity index is 1.28. The minimum atomic E-state index is -3.23. The molecule has 2 aliphatic heterocycles. The van der Waals surface area contributed by atoms with Crippen molar-refractivity contribution < 1.29 is 17.9 Å². The van der Waals surface area contributed by atoms with E-state index in [4.69, 9.17) is 17.0 Å². The van der Waals surface area contributed by atoms with Gasteiger partial charge in [0.2, 0.25) is 5.91 Å². The lowest BCUT2D eigenvalue weighted by Gasteiger charge is -2.40. The zero-order valence-corrected chi connectivity index (χ0v) is 21.3. The van der Waals surface area contributed by atoms with Gasteiger partial charge >= 0.3 is 0 Å². The van der Waals surface area contributed by atoms with Crippen LogP contribution >= 0.6 is 12.2 Å². The summed E-state index contributed by atoms with van der Waals surface area (Å²) in [5.74, 6) is 0.883. The van der Waals surface area contributed by atoms with Crippen LogP contribution in [0.2, 0.25) is 0 Å². The number of anilines is 1. The lowest BCUT2D eigenvalue weighted by Crippen LogP contribution is -2.46. The van der Waals surface area contributed by atoms with Crippen LogP contribution in [-0.2, 0) is 21.1 Å². The molecule has 0 aromatic heterocycles. The number of hydrogen-bond acceptors (Lipinski definition) is 5. The van der Waals surface area contributed by atoms with Gasteiger partial charge < -0.3 is 19.9 Å². The fourth-order valence-corrected chi connectivity index (χ4v) is 5.72.